The topological polar surface area (TPSA) is 0 Å². The van der Waals surface area contributed by atoms with E-state index in [1.165, 1.54) is 23.9 Å². The van der Waals surface area contributed by atoms with Crippen molar-refractivity contribution in [1.82, 2.24) is 0 Å². The molecular weight excluding hydrogens is 274 g/mol. The van der Waals surface area contributed by atoms with Gasteiger partial charge in [0, 0.05) is 22.1 Å². The lowest BCUT2D eigenvalue weighted by Gasteiger charge is -2.23. The predicted octanol–water partition coefficient (Wildman–Crippen LogP) is 5.36. The molecule has 0 saturated carbocycles. The molecule has 2 aromatic carbocycles. The van der Waals surface area contributed by atoms with Crippen molar-refractivity contribution in [2.24, 2.45) is 5.92 Å². The third kappa shape index (κ3) is 2.14. The Hall–Kier alpha value is -1.35. The third-order valence-electron chi connectivity index (χ3n) is 3.85. The second kappa shape index (κ2) is 5.21. The molecule has 0 nitrogen and oxygen atoms in total. The van der Waals surface area contributed by atoms with Crippen LogP contribution in [-0.4, -0.2) is 0 Å². The maximum absolute atomic E-state index is 14.1. The summed E-state index contributed by atoms with van der Waals surface area (Å²) in [7, 11) is 0. The summed E-state index contributed by atoms with van der Waals surface area (Å²) >= 11 is 1.40. The van der Waals surface area contributed by atoms with E-state index in [2.05, 4.69) is 13.8 Å². The Labute approximate surface area is 122 Å². The smallest absolute Gasteiger partial charge is 0.137 e. The lowest BCUT2D eigenvalue weighted by molar-refractivity contribution is 0.534. The largest absolute Gasteiger partial charge is 0.207 e. The summed E-state index contributed by atoms with van der Waals surface area (Å²) in [5.74, 6) is 0.426. The van der Waals surface area contributed by atoms with Gasteiger partial charge in [0.15, 0.2) is 0 Å². The molecule has 0 amide bonds. The Morgan fingerprint density at radius 1 is 1.00 bits per heavy atom. The van der Waals surface area contributed by atoms with Crippen LogP contribution in [0.15, 0.2) is 41.3 Å². The first-order valence-electron chi connectivity index (χ1n) is 6.78. The normalized spacial score (nSPS) is 17.6. The molecule has 104 valence electrons. The van der Waals surface area contributed by atoms with E-state index in [9.17, 15) is 8.78 Å². The number of fused-ring (bicyclic) bond motifs is 2. The maximum Gasteiger partial charge on any atom is 0.137 e. The highest BCUT2D eigenvalue weighted by atomic mass is 32.2. The van der Waals surface area contributed by atoms with Gasteiger partial charge in [-0.1, -0.05) is 38.1 Å². The molecule has 1 heterocycles. The van der Waals surface area contributed by atoms with Gasteiger partial charge in [0.25, 0.3) is 0 Å². The van der Waals surface area contributed by atoms with Crippen LogP contribution in [0.5, 0.6) is 0 Å². The fourth-order valence-electron chi connectivity index (χ4n) is 2.97. The van der Waals surface area contributed by atoms with Gasteiger partial charge in [-0.3, -0.25) is 0 Å². The van der Waals surface area contributed by atoms with Crippen LogP contribution < -0.4 is 0 Å². The molecule has 0 bridgehead atoms. The van der Waals surface area contributed by atoms with Gasteiger partial charge in [0.1, 0.15) is 11.6 Å². The zero-order chi connectivity index (χ0) is 14.3. The van der Waals surface area contributed by atoms with E-state index in [4.69, 9.17) is 0 Å². The number of rotatable bonds is 1. The molecule has 20 heavy (non-hydrogen) atoms. The van der Waals surface area contributed by atoms with Crippen LogP contribution in [0.2, 0.25) is 0 Å². The zero-order valence-corrected chi connectivity index (χ0v) is 12.3. The van der Waals surface area contributed by atoms with Gasteiger partial charge in [-0.25, -0.2) is 8.78 Å². The van der Waals surface area contributed by atoms with Crippen molar-refractivity contribution in [1.29, 1.82) is 0 Å². The molecule has 1 aliphatic heterocycles. The van der Waals surface area contributed by atoms with Gasteiger partial charge in [-0.15, -0.1) is 11.8 Å². The van der Waals surface area contributed by atoms with Crippen molar-refractivity contribution in [3.05, 3.63) is 64.7 Å². The number of hydrogen-bond donors (Lipinski definition) is 0. The minimum Gasteiger partial charge on any atom is -0.207 e. The maximum atomic E-state index is 14.1. The lowest BCUT2D eigenvalue weighted by atomic mass is 9.80. The lowest BCUT2D eigenvalue weighted by Crippen LogP contribution is -2.11. The summed E-state index contributed by atoms with van der Waals surface area (Å²) in [4.78, 5) is 0.668. The van der Waals surface area contributed by atoms with Crippen molar-refractivity contribution in [2.75, 3.05) is 0 Å². The fourth-order valence-corrected chi connectivity index (χ4v) is 4.13. The molecule has 0 N–H and O–H groups in total. The number of thioether (sulfide) groups is 1. The van der Waals surface area contributed by atoms with Crippen molar-refractivity contribution in [2.45, 2.75) is 30.4 Å². The Kier molecular flexibility index (Phi) is 3.55. The summed E-state index contributed by atoms with van der Waals surface area (Å²) in [6, 6.07) is 10.4. The minimum atomic E-state index is -0.202. The first-order valence-corrected chi connectivity index (χ1v) is 7.76. The molecule has 1 atom stereocenters. The van der Waals surface area contributed by atoms with Crippen LogP contribution in [0, 0.1) is 17.6 Å². The van der Waals surface area contributed by atoms with Crippen LogP contribution in [0.4, 0.5) is 8.78 Å². The van der Waals surface area contributed by atoms with Crippen molar-refractivity contribution in [3.63, 3.8) is 0 Å². The first kappa shape index (κ1) is 13.6. The van der Waals surface area contributed by atoms with Crippen LogP contribution >= 0.6 is 11.8 Å². The predicted molar refractivity (Wildman–Crippen MR) is 79.0 cm³/mol. The Morgan fingerprint density at radius 3 is 2.35 bits per heavy atom. The molecule has 3 rings (SSSR count). The van der Waals surface area contributed by atoms with Crippen LogP contribution in [0.25, 0.3) is 0 Å². The van der Waals surface area contributed by atoms with E-state index < -0.39 is 0 Å². The molecule has 0 saturated heterocycles. The molecule has 0 fully saturated rings. The molecule has 0 aliphatic carbocycles. The van der Waals surface area contributed by atoms with E-state index in [1.54, 1.807) is 12.1 Å². The highest BCUT2D eigenvalue weighted by Crippen LogP contribution is 2.45. The summed E-state index contributed by atoms with van der Waals surface area (Å²) in [5.41, 5.74) is 2.69. The van der Waals surface area contributed by atoms with E-state index in [1.807, 2.05) is 12.1 Å². The van der Waals surface area contributed by atoms with E-state index in [-0.39, 0.29) is 23.5 Å². The second-order valence-electron chi connectivity index (χ2n) is 5.48. The van der Waals surface area contributed by atoms with Gasteiger partial charge in [-0.05, 0) is 29.2 Å². The summed E-state index contributed by atoms with van der Waals surface area (Å²) < 4.78 is 28.2. The molecule has 1 aliphatic rings. The highest BCUT2D eigenvalue weighted by Gasteiger charge is 2.29. The second-order valence-corrected chi connectivity index (χ2v) is 6.46. The van der Waals surface area contributed by atoms with Gasteiger partial charge in [0.05, 0.1) is 0 Å². The Balaban J connectivity index is 2.27. The SMILES string of the molecule is CC(C)[C@@H]1c2cccc(F)c2CSc2c(F)cccc21. The number of halogens is 2. The van der Waals surface area contributed by atoms with Gasteiger partial charge < -0.3 is 0 Å². The molecule has 0 spiro atoms. The Morgan fingerprint density at radius 2 is 1.65 bits per heavy atom. The average Bonchev–Trinajstić information content (AvgIpc) is 2.57. The molecule has 0 radical (unpaired) electrons. The minimum absolute atomic E-state index is 0.0430. The van der Waals surface area contributed by atoms with Crippen LogP contribution in [0.3, 0.4) is 0 Å². The zero-order valence-electron chi connectivity index (χ0n) is 11.5. The standard InChI is InChI=1S/C17H16F2S/c1-10(2)16-11-5-3-7-14(18)13(11)9-20-17-12(16)6-4-8-15(17)19/h3-8,10,16H,9H2,1-2H3/t16-/m1/s1. The summed E-state index contributed by atoms with van der Waals surface area (Å²) in [5, 5.41) is 0. The quantitative estimate of drug-likeness (QED) is 0.681. The van der Waals surface area contributed by atoms with Gasteiger partial charge in [0.2, 0.25) is 0 Å². The molecule has 2 aromatic rings. The monoisotopic (exact) mass is 290 g/mol. The van der Waals surface area contributed by atoms with Crippen LogP contribution in [-0.2, 0) is 5.75 Å². The molecule has 0 unspecified atom stereocenters. The van der Waals surface area contributed by atoms with E-state index in [0.717, 1.165) is 11.1 Å². The summed E-state index contributed by atoms with van der Waals surface area (Å²) in [6.45, 7) is 4.20. The molecule has 3 heteroatoms. The number of hydrogen-bond acceptors (Lipinski definition) is 1. The van der Waals surface area contributed by atoms with Crippen molar-refractivity contribution < 1.29 is 8.78 Å². The molecule has 0 aromatic heterocycles. The average molecular weight is 290 g/mol. The first-order chi connectivity index (χ1) is 9.59. The van der Waals surface area contributed by atoms with Crippen molar-refractivity contribution in [3.8, 4) is 0 Å². The summed E-state index contributed by atoms with van der Waals surface area (Å²) in [6.07, 6.45) is 0. The van der Waals surface area contributed by atoms with E-state index >= 15 is 0 Å². The molecular formula is C17H16F2S. The van der Waals surface area contributed by atoms with Gasteiger partial charge >= 0.3 is 0 Å². The van der Waals surface area contributed by atoms with E-state index in [0.29, 0.717) is 16.2 Å². The number of benzene rings is 2. The highest BCUT2D eigenvalue weighted by molar-refractivity contribution is 7.98. The third-order valence-corrected chi connectivity index (χ3v) is 5.00. The van der Waals surface area contributed by atoms with Crippen LogP contribution in [0.1, 0.15) is 36.5 Å². The van der Waals surface area contributed by atoms with Crippen molar-refractivity contribution >= 4 is 11.8 Å². The Bertz CT molecular complexity index is 596. The van der Waals surface area contributed by atoms with Gasteiger partial charge in [-0.2, -0.15) is 0 Å². The fraction of sp³-hybridized carbons (Fsp3) is 0.294.